The molecule has 0 aliphatic carbocycles. The van der Waals surface area contributed by atoms with E-state index < -0.39 is 24.0 Å². The SMILES string of the molecule is N#Cc1cnn(-c2ccccc2)c1NC(=O)COC(=O)c1n[nH]c(=O)c2ccccc12. The Bertz CT molecular complexity index is 1380. The minimum Gasteiger partial charge on any atom is -0.451 e. The Kier molecular flexibility index (Phi) is 5.23. The number of nitrogens with zero attached hydrogens (tertiary/aromatic N) is 4. The zero-order chi connectivity index (χ0) is 21.8. The topological polar surface area (TPSA) is 143 Å². The lowest BCUT2D eigenvalue weighted by atomic mass is 10.1. The van der Waals surface area contributed by atoms with Crippen LogP contribution >= 0.6 is 0 Å². The number of rotatable bonds is 5. The summed E-state index contributed by atoms with van der Waals surface area (Å²) in [6.07, 6.45) is 1.32. The van der Waals surface area contributed by atoms with Crippen LogP contribution < -0.4 is 10.9 Å². The zero-order valence-electron chi connectivity index (χ0n) is 15.9. The summed E-state index contributed by atoms with van der Waals surface area (Å²) in [5.74, 6) is -1.39. The van der Waals surface area contributed by atoms with Gasteiger partial charge in [-0.1, -0.05) is 36.4 Å². The summed E-state index contributed by atoms with van der Waals surface area (Å²) in [5.41, 5.74) is 0.232. The molecule has 10 heteroatoms. The van der Waals surface area contributed by atoms with Crippen LogP contribution in [0.4, 0.5) is 5.82 Å². The van der Waals surface area contributed by atoms with Gasteiger partial charge < -0.3 is 10.1 Å². The molecule has 31 heavy (non-hydrogen) atoms. The van der Waals surface area contributed by atoms with Gasteiger partial charge in [-0.25, -0.2) is 14.6 Å². The molecule has 0 unspecified atom stereocenters. The molecule has 2 aromatic carbocycles. The molecule has 2 heterocycles. The number of carbonyl (C=O) groups is 2. The molecule has 2 N–H and O–H groups in total. The predicted octanol–water partition coefficient (Wildman–Crippen LogP) is 1.78. The molecular weight excluding hydrogens is 400 g/mol. The van der Waals surface area contributed by atoms with Gasteiger partial charge in [0.1, 0.15) is 11.6 Å². The van der Waals surface area contributed by atoms with E-state index in [1.54, 1.807) is 48.5 Å². The number of aromatic amines is 1. The van der Waals surface area contributed by atoms with Crippen molar-refractivity contribution < 1.29 is 14.3 Å². The highest BCUT2D eigenvalue weighted by atomic mass is 16.5. The van der Waals surface area contributed by atoms with Gasteiger partial charge in [0.05, 0.1) is 17.3 Å². The smallest absolute Gasteiger partial charge is 0.359 e. The van der Waals surface area contributed by atoms with Crippen molar-refractivity contribution in [3.63, 3.8) is 0 Å². The molecule has 1 amide bonds. The second kappa shape index (κ2) is 8.30. The number of benzene rings is 2. The molecule has 0 atom stereocenters. The van der Waals surface area contributed by atoms with Gasteiger partial charge in [0.25, 0.3) is 11.5 Å². The van der Waals surface area contributed by atoms with E-state index in [0.717, 1.165) is 0 Å². The summed E-state index contributed by atoms with van der Waals surface area (Å²) < 4.78 is 6.46. The van der Waals surface area contributed by atoms with Crippen LogP contribution in [0.2, 0.25) is 0 Å². The molecule has 4 aromatic rings. The fourth-order valence-electron chi connectivity index (χ4n) is 2.95. The minimum absolute atomic E-state index is 0.116. The van der Waals surface area contributed by atoms with Crippen molar-refractivity contribution in [1.82, 2.24) is 20.0 Å². The number of amides is 1. The van der Waals surface area contributed by atoms with Gasteiger partial charge in [-0.3, -0.25) is 9.59 Å². The Morgan fingerprint density at radius 2 is 1.81 bits per heavy atom. The van der Waals surface area contributed by atoms with Crippen LogP contribution in [0.1, 0.15) is 16.1 Å². The summed E-state index contributed by atoms with van der Waals surface area (Å²) in [5, 5.41) is 22.5. The number of anilines is 1. The highest BCUT2D eigenvalue weighted by Gasteiger charge is 2.19. The van der Waals surface area contributed by atoms with Crippen LogP contribution in [0, 0.1) is 11.3 Å². The number of aromatic nitrogens is 4. The van der Waals surface area contributed by atoms with E-state index in [-0.39, 0.29) is 22.5 Å². The summed E-state index contributed by atoms with van der Waals surface area (Å²) >= 11 is 0. The molecular formula is C21H14N6O4. The molecule has 0 aliphatic heterocycles. The van der Waals surface area contributed by atoms with E-state index in [9.17, 15) is 19.6 Å². The molecule has 0 spiro atoms. The molecule has 10 nitrogen and oxygen atoms in total. The van der Waals surface area contributed by atoms with Gasteiger partial charge in [-0.2, -0.15) is 15.5 Å². The first-order valence-electron chi connectivity index (χ1n) is 9.06. The second-order valence-corrected chi connectivity index (χ2v) is 6.34. The molecule has 0 aliphatic rings. The van der Waals surface area contributed by atoms with Gasteiger partial charge in [-0.15, -0.1) is 0 Å². The van der Waals surface area contributed by atoms with Crippen molar-refractivity contribution in [3.05, 3.63) is 82.4 Å². The predicted molar refractivity (Wildman–Crippen MR) is 110 cm³/mol. The van der Waals surface area contributed by atoms with Crippen LogP contribution in [-0.2, 0) is 9.53 Å². The first-order valence-corrected chi connectivity index (χ1v) is 9.06. The standard InChI is InChI=1S/C21H14N6O4/c22-10-13-11-23-27(14-6-2-1-3-7-14)19(13)24-17(28)12-31-21(30)18-15-8-4-5-9-16(15)20(29)26-25-18/h1-9,11H,12H2,(H,24,28)(H,26,29). The first-order chi connectivity index (χ1) is 15.1. The van der Waals surface area contributed by atoms with E-state index in [1.165, 1.54) is 10.9 Å². The largest absolute Gasteiger partial charge is 0.451 e. The Morgan fingerprint density at radius 3 is 2.55 bits per heavy atom. The van der Waals surface area contributed by atoms with E-state index in [0.29, 0.717) is 11.1 Å². The molecule has 0 fully saturated rings. The van der Waals surface area contributed by atoms with Crippen molar-refractivity contribution in [2.24, 2.45) is 0 Å². The maximum absolute atomic E-state index is 12.4. The minimum atomic E-state index is -0.875. The average molecular weight is 414 g/mol. The van der Waals surface area contributed by atoms with Crippen molar-refractivity contribution >= 4 is 28.5 Å². The number of hydrogen-bond acceptors (Lipinski definition) is 7. The number of esters is 1. The third-order valence-electron chi connectivity index (χ3n) is 4.37. The van der Waals surface area contributed by atoms with Gasteiger partial charge in [0, 0.05) is 5.39 Å². The molecule has 152 valence electrons. The van der Waals surface area contributed by atoms with E-state index in [4.69, 9.17) is 4.74 Å². The quantitative estimate of drug-likeness (QED) is 0.474. The van der Waals surface area contributed by atoms with Crippen molar-refractivity contribution in [2.75, 3.05) is 11.9 Å². The lowest BCUT2D eigenvalue weighted by Gasteiger charge is -2.10. The molecule has 0 radical (unpaired) electrons. The summed E-state index contributed by atoms with van der Waals surface area (Å²) in [6.45, 7) is -0.626. The van der Waals surface area contributed by atoms with Crippen molar-refractivity contribution in [2.45, 2.75) is 0 Å². The van der Waals surface area contributed by atoms with Crippen LogP contribution in [-0.4, -0.2) is 38.5 Å². The van der Waals surface area contributed by atoms with Crippen LogP contribution in [0.5, 0.6) is 0 Å². The molecule has 0 saturated heterocycles. The van der Waals surface area contributed by atoms with Gasteiger partial charge >= 0.3 is 5.97 Å². The van der Waals surface area contributed by atoms with Gasteiger partial charge in [0.15, 0.2) is 18.1 Å². The Hall–Kier alpha value is -4.78. The lowest BCUT2D eigenvalue weighted by Crippen LogP contribution is -2.24. The maximum Gasteiger partial charge on any atom is 0.359 e. The zero-order valence-corrected chi connectivity index (χ0v) is 15.9. The third-order valence-corrected chi connectivity index (χ3v) is 4.37. The number of fused-ring (bicyclic) bond motifs is 1. The number of ether oxygens (including phenoxy) is 1. The van der Waals surface area contributed by atoms with Crippen molar-refractivity contribution in [1.29, 1.82) is 5.26 Å². The fraction of sp³-hybridized carbons (Fsp3) is 0.0476. The second-order valence-electron chi connectivity index (χ2n) is 6.34. The Labute approximate surface area is 174 Å². The monoisotopic (exact) mass is 414 g/mol. The highest BCUT2D eigenvalue weighted by molar-refractivity contribution is 6.03. The lowest BCUT2D eigenvalue weighted by molar-refractivity contribution is -0.119. The summed E-state index contributed by atoms with van der Waals surface area (Å²) in [6, 6.07) is 17.3. The van der Waals surface area contributed by atoms with Crippen LogP contribution in [0.15, 0.2) is 65.6 Å². The summed E-state index contributed by atoms with van der Waals surface area (Å²) in [4.78, 5) is 36.7. The van der Waals surface area contributed by atoms with Gasteiger partial charge in [-0.05, 0) is 18.2 Å². The average Bonchev–Trinajstić information content (AvgIpc) is 3.21. The van der Waals surface area contributed by atoms with Crippen LogP contribution in [0.3, 0.4) is 0 Å². The fourth-order valence-corrected chi connectivity index (χ4v) is 2.95. The van der Waals surface area contributed by atoms with E-state index >= 15 is 0 Å². The number of para-hydroxylation sites is 1. The van der Waals surface area contributed by atoms with Crippen molar-refractivity contribution in [3.8, 4) is 11.8 Å². The normalized spacial score (nSPS) is 10.4. The molecule has 0 bridgehead atoms. The molecule has 4 rings (SSSR count). The first kappa shape index (κ1) is 19.5. The number of nitriles is 1. The number of hydrogen-bond donors (Lipinski definition) is 2. The highest BCUT2D eigenvalue weighted by Crippen LogP contribution is 2.19. The molecule has 0 saturated carbocycles. The summed E-state index contributed by atoms with van der Waals surface area (Å²) in [7, 11) is 0. The van der Waals surface area contributed by atoms with E-state index in [2.05, 4.69) is 20.6 Å². The number of carbonyl (C=O) groups excluding carboxylic acids is 2. The Balaban J connectivity index is 1.51. The van der Waals surface area contributed by atoms with E-state index in [1.807, 2.05) is 12.1 Å². The number of H-pyrrole nitrogens is 1. The maximum atomic E-state index is 12.4. The third kappa shape index (κ3) is 3.88. The Morgan fingerprint density at radius 1 is 1.10 bits per heavy atom. The molecule has 2 aromatic heterocycles. The van der Waals surface area contributed by atoms with Crippen LogP contribution in [0.25, 0.3) is 16.5 Å². The van der Waals surface area contributed by atoms with Gasteiger partial charge in [0.2, 0.25) is 0 Å². The number of nitrogens with one attached hydrogen (secondary N) is 2.